The van der Waals surface area contributed by atoms with Crippen LogP contribution < -0.4 is 15.0 Å². The van der Waals surface area contributed by atoms with Crippen LogP contribution in [0.15, 0.2) is 12.4 Å². The van der Waals surface area contributed by atoms with Crippen LogP contribution in [0.2, 0.25) is 0 Å². The van der Waals surface area contributed by atoms with Crippen LogP contribution in [0.3, 0.4) is 0 Å². The molecule has 0 bridgehead atoms. The predicted molar refractivity (Wildman–Crippen MR) is 124 cm³/mol. The molecule has 4 rings (SSSR count). The van der Waals surface area contributed by atoms with Crippen molar-refractivity contribution >= 4 is 17.4 Å². The SMILES string of the molecule is C.C.Cc1nc(CC2CC(Oc3cnc(C(F)(F)F)cn3)C2)nc2c1NC(=O)[C@H](C(C)C)N2C. The molecule has 1 N–H and O–H groups in total. The molecule has 3 heterocycles. The van der Waals surface area contributed by atoms with Crippen LogP contribution in [0.4, 0.5) is 24.7 Å². The number of carbonyl (C=O) groups is 1. The third-order valence-electron chi connectivity index (χ3n) is 5.89. The van der Waals surface area contributed by atoms with Gasteiger partial charge in [-0.3, -0.25) is 4.79 Å². The molecule has 0 unspecified atom stereocenters. The topological polar surface area (TPSA) is 93.1 Å². The Kier molecular flexibility index (Phi) is 8.10. The van der Waals surface area contributed by atoms with E-state index in [9.17, 15) is 18.0 Å². The molecular formula is C23H33F3N6O2. The van der Waals surface area contributed by atoms with Gasteiger partial charge in [-0.15, -0.1) is 0 Å². The number of rotatable bonds is 5. The molecule has 1 atom stereocenters. The average molecular weight is 483 g/mol. The van der Waals surface area contributed by atoms with Gasteiger partial charge in [-0.1, -0.05) is 28.7 Å². The van der Waals surface area contributed by atoms with Crippen molar-refractivity contribution < 1.29 is 22.7 Å². The lowest BCUT2D eigenvalue weighted by molar-refractivity contribution is -0.141. The molecule has 1 fully saturated rings. The zero-order chi connectivity index (χ0) is 23.2. The highest BCUT2D eigenvalue weighted by molar-refractivity contribution is 6.03. The number of alkyl halides is 3. The molecule has 2 aromatic rings. The van der Waals surface area contributed by atoms with Crippen LogP contribution in [-0.4, -0.2) is 45.0 Å². The van der Waals surface area contributed by atoms with Gasteiger partial charge in [-0.05, 0) is 31.6 Å². The zero-order valence-electron chi connectivity index (χ0n) is 18.3. The first kappa shape index (κ1) is 27.3. The molecule has 0 spiro atoms. The molecule has 1 saturated carbocycles. The molecule has 11 heteroatoms. The Morgan fingerprint density at radius 2 is 1.85 bits per heavy atom. The summed E-state index contributed by atoms with van der Waals surface area (Å²) < 4.78 is 43.4. The van der Waals surface area contributed by atoms with E-state index in [1.165, 1.54) is 0 Å². The molecule has 188 valence electrons. The molecule has 1 aliphatic heterocycles. The van der Waals surface area contributed by atoms with E-state index in [-0.39, 0.29) is 44.7 Å². The van der Waals surface area contributed by atoms with Gasteiger partial charge in [0.05, 0.1) is 18.1 Å². The van der Waals surface area contributed by atoms with Crippen molar-refractivity contribution in [1.82, 2.24) is 19.9 Å². The number of hydrogen-bond donors (Lipinski definition) is 1. The lowest BCUT2D eigenvalue weighted by atomic mass is 9.80. The molecule has 0 saturated heterocycles. The van der Waals surface area contributed by atoms with Gasteiger partial charge in [-0.2, -0.15) is 13.2 Å². The summed E-state index contributed by atoms with van der Waals surface area (Å²) in [6.07, 6.45) is -0.868. The molecule has 34 heavy (non-hydrogen) atoms. The highest BCUT2D eigenvalue weighted by atomic mass is 19.4. The second-order valence-corrected chi connectivity index (χ2v) is 8.73. The minimum Gasteiger partial charge on any atom is -0.473 e. The summed E-state index contributed by atoms with van der Waals surface area (Å²) in [6.45, 7) is 5.84. The molecule has 1 aliphatic carbocycles. The number of fused-ring (bicyclic) bond motifs is 1. The number of carbonyl (C=O) groups excluding carboxylic acids is 1. The summed E-state index contributed by atoms with van der Waals surface area (Å²) in [6, 6.07) is -0.295. The number of hydrogen-bond acceptors (Lipinski definition) is 7. The number of amides is 1. The summed E-state index contributed by atoms with van der Waals surface area (Å²) in [7, 11) is 1.87. The number of likely N-dealkylation sites (N-methyl/N-ethyl adjacent to an activating group) is 1. The van der Waals surface area contributed by atoms with E-state index in [0.29, 0.717) is 30.0 Å². The van der Waals surface area contributed by atoms with Gasteiger partial charge in [0.15, 0.2) is 11.5 Å². The van der Waals surface area contributed by atoms with Gasteiger partial charge >= 0.3 is 6.18 Å². The predicted octanol–water partition coefficient (Wildman–Crippen LogP) is 4.68. The van der Waals surface area contributed by atoms with Crippen molar-refractivity contribution in [2.24, 2.45) is 11.8 Å². The van der Waals surface area contributed by atoms with Crippen LogP contribution in [0, 0.1) is 18.8 Å². The second-order valence-electron chi connectivity index (χ2n) is 8.73. The Bertz CT molecular complexity index is 1010. The van der Waals surface area contributed by atoms with Crippen molar-refractivity contribution in [3.05, 3.63) is 29.6 Å². The van der Waals surface area contributed by atoms with Crippen LogP contribution in [0.5, 0.6) is 5.88 Å². The number of halogens is 3. The zero-order valence-corrected chi connectivity index (χ0v) is 18.3. The van der Waals surface area contributed by atoms with Crippen molar-refractivity contribution in [3.8, 4) is 5.88 Å². The number of nitrogens with zero attached hydrogens (tertiary/aromatic N) is 5. The minimum absolute atomic E-state index is 0. The fourth-order valence-electron chi connectivity index (χ4n) is 4.25. The highest BCUT2D eigenvalue weighted by Gasteiger charge is 2.37. The van der Waals surface area contributed by atoms with Crippen LogP contribution in [-0.2, 0) is 17.4 Å². The normalized spacial score (nSPS) is 21.6. The van der Waals surface area contributed by atoms with E-state index in [2.05, 4.69) is 20.3 Å². The molecule has 8 nitrogen and oxygen atoms in total. The molecule has 0 aromatic carbocycles. The summed E-state index contributed by atoms with van der Waals surface area (Å²) in [5, 5.41) is 2.94. The number of nitrogens with one attached hydrogen (secondary N) is 1. The van der Waals surface area contributed by atoms with Gasteiger partial charge in [-0.25, -0.2) is 19.9 Å². The van der Waals surface area contributed by atoms with Crippen molar-refractivity contribution in [2.75, 3.05) is 17.3 Å². The molecule has 2 aliphatic rings. The summed E-state index contributed by atoms with van der Waals surface area (Å²) in [5.74, 6) is 1.87. The first-order valence-electron chi connectivity index (χ1n) is 10.5. The Morgan fingerprint density at radius 3 is 2.41 bits per heavy atom. The Hall–Kier alpha value is -2.98. The lowest BCUT2D eigenvalue weighted by Gasteiger charge is -2.37. The minimum atomic E-state index is -4.52. The van der Waals surface area contributed by atoms with Gasteiger partial charge in [0.1, 0.15) is 23.7 Å². The van der Waals surface area contributed by atoms with Gasteiger partial charge in [0.2, 0.25) is 11.8 Å². The fraction of sp³-hybridized carbons (Fsp3) is 0.609. The van der Waals surface area contributed by atoms with Crippen LogP contribution in [0.25, 0.3) is 0 Å². The maximum Gasteiger partial charge on any atom is 0.434 e. The monoisotopic (exact) mass is 482 g/mol. The van der Waals surface area contributed by atoms with Crippen LogP contribution in [0.1, 0.15) is 58.8 Å². The van der Waals surface area contributed by atoms with Crippen molar-refractivity contribution in [3.63, 3.8) is 0 Å². The first-order chi connectivity index (χ1) is 15.0. The quantitative estimate of drug-likeness (QED) is 0.661. The second kappa shape index (κ2) is 10.1. The maximum atomic E-state index is 12.6. The summed E-state index contributed by atoms with van der Waals surface area (Å²) in [4.78, 5) is 30.7. The lowest BCUT2D eigenvalue weighted by Crippen LogP contribution is -2.50. The maximum absolute atomic E-state index is 12.6. The Labute approximate surface area is 198 Å². The van der Waals surface area contributed by atoms with Crippen LogP contribution >= 0.6 is 0 Å². The smallest absolute Gasteiger partial charge is 0.434 e. The van der Waals surface area contributed by atoms with E-state index >= 15 is 0 Å². The van der Waals surface area contributed by atoms with E-state index in [1.54, 1.807) is 0 Å². The average Bonchev–Trinajstić information content (AvgIpc) is 2.67. The number of anilines is 2. The van der Waals surface area contributed by atoms with Gasteiger partial charge in [0.25, 0.3) is 0 Å². The molecule has 2 aromatic heterocycles. The largest absolute Gasteiger partial charge is 0.473 e. The summed E-state index contributed by atoms with van der Waals surface area (Å²) in [5.41, 5.74) is 0.325. The summed E-state index contributed by atoms with van der Waals surface area (Å²) >= 11 is 0. The van der Waals surface area contributed by atoms with Gasteiger partial charge < -0.3 is 15.0 Å². The first-order valence-corrected chi connectivity index (χ1v) is 10.5. The van der Waals surface area contributed by atoms with Crippen molar-refractivity contribution in [2.45, 2.75) is 73.2 Å². The standard InChI is InChI=1S/C21H25F3N6O2.2CH4/c1-10(2)18-20(31)29-17-11(3)27-15(28-19(17)30(18)4)7-12-5-13(6-12)32-16-9-25-14(8-26-16)21(22,23)24;;/h8-10,12-13,18H,5-7H2,1-4H3,(H,29,31);2*1H4/t12?,13?,18-;;/m0../s1. The highest BCUT2D eigenvalue weighted by Crippen LogP contribution is 2.36. The third-order valence-corrected chi connectivity index (χ3v) is 5.89. The molecular weight excluding hydrogens is 449 g/mol. The number of ether oxygens (including phenoxy) is 1. The number of aryl methyl sites for hydroxylation is 1. The Morgan fingerprint density at radius 1 is 1.18 bits per heavy atom. The fourth-order valence-corrected chi connectivity index (χ4v) is 4.25. The molecule has 1 amide bonds. The van der Waals surface area contributed by atoms with E-state index in [4.69, 9.17) is 9.72 Å². The number of aromatic nitrogens is 4. The van der Waals surface area contributed by atoms with E-state index in [1.807, 2.05) is 32.7 Å². The third kappa shape index (κ3) is 5.39. The van der Waals surface area contributed by atoms with Gasteiger partial charge in [0, 0.05) is 13.5 Å². The Balaban J connectivity index is 0.00000204. The van der Waals surface area contributed by atoms with Crippen molar-refractivity contribution in [1.29, 1.82) is 0 Å². The molecule has 0 radical (unpaired) electrons. The van der Waals surface area contributed by atoms with E-state index in [0.717, 1.165) is 30.6 Å². The van der Waals surface area contributed by atoms with E-state index < -0.39 is 11.9 Å².